The molecule has 166 valence electrons. The van der Waals surface area contributed by atoms with Crippen LogP contribution in [0.2, 0.25) is 0 Å². The zero-order valence-electron chi connectivity index (χ0n) is 16.8. The van der Waals surface area contributed by atoms with E-state index < -0.39 is 48.4 Å². The summed E-state index contributed by atoms with van der Waals surface area (Å²) in [6, 6.07) is 0. The van der Waals surface area contributed by atoms with Gasteiger partial charge < -0.3 is 25.2 Å². The first kappa shape index (κ1) is 25.0. The number of rotatable bonds is 15. The molecular weight excluding hydrogens is 384 g/mol. The molecule has 9 heteroatoms. The van der Waals surface area contributed by atoms with E-state index in [1.807, 2.05) is 0 Å². The molecule has 0 aromatic rings. The third kappa shape index (κ3) is 7.40. The van der Waals surface area contributed by atoms with Crippen molar-refractivity contribution in [3.63, 3.8) is 0 Å². The van der Waals surface area contributed by atoms with Crippen LogP contribution in [-0.2, 0) is 23.9 Å². The van der Waals surface area contributed by atoms with E-state index >= 15 is 0 Å². The fourth-order valence-electron chi connectivity index (χ4n) is 3.71. The number of Topliss-reactive ketones (excluding diaryl/α,β-unsaturated/α-hetero) is 1. The summed E-state index contributed by atoms with van der Waals surface area (Å²) in [5.74, 6) is -7.99. The Morgan fingerprint density at radius 3 is 2.17 bits per heavy atom. The Morgan fingerprint density at radius 2 is 1.66 bits per heavy atom. The number of carboxylic acid groups (broad SMARTS) is 3. The number of carbonyl (C=O) groups is 4. The van der Waals surface area contributed by atoms with E-state index in [0.29, 0.717) is 6.42 Å². The van der Waals surface area contributed by atoms with Crippen LogP contribution >= 0.6 is 0 Å². The summed E-state index contributed by atoms with van der Waals surface area (Å²) in [5, 5.41) is 37.7. The molecule has 0 saturated carbocycles. The maximum atomic E-state index is 12.5. The van der Waals surface area contributed by atoms with Crippen LogP contribution in [-0.4, -0.2) is 62.4 Å². The Hall–Kier alpha value is -2.00. The van der Waals surface area contributed by atoms with E-state index in [-0.39, 0.29) is 18.3 Å². The number of aliphatic carboxylic acids is 3. The van der Waals surface area contributed by atoms with Crippen molar-refractivity contribution in [3.8, 4) is 0 Å². The molecular formula is C20H32O9. The van der Waals surface area contributed by atoms with Crippen molar-refractivity contribution in [1.29, 1.82) is 0 Å². The Kier molecular flexibility index (Phi) is 10.2. The lowest BCUT2D eigenvalue weighted by atomic mass is 9.79. The molecule has 0 aliphatic carbocycles. The van der Waals surface area contributed by atoms with Gasteiger partial charge in [0, 0.05) is 5.92 Å². The fourth-order valence-corrected chi connectivity index (χ4v) is 3.71. The minimum absolute atomic E-state index is 0.121. The van der Waals surface area contributed by atoms with E-state index in [1.54, 1.807) is 0 Å². The smallest absolute Gasteiger partial charge is 0.337 e. The molecule has 1 fully saturated rings. The van der Waals surface area contributed by atoms with Gasteiger partial charge in [0.2, 0.25) is 0 Å². The summed E-state index contributed by atoms with van der Waals surface area (Å²) in [4.78, 5) is 46.4. The van der Waals surface area contributed by atoms with Crippen molar-refractivity contribution in [2.24, 2.45) is 11.8 Å². The van der Waals surface area contributed by atoms with Crippen LogP contribution in [0.4, 0.5) is 0 Å². The molecule has 4 atom stereocenters. The number of carboxylic acids is 3. The van der Waals surface area contributed by atoms with Crippen molar-refractivity contribution < 1.29 is 44.3 Å². The Balaban J connectivity index is 2.62. The van der Waals surface area contributed by atoms with Gasteiger partial charge in [0.1, 0.15) is 6.10 Å². The number of unbranched alkanes of at least 4 members (excludes halogenated alkanes) is 6. The molecule has 9 nitrogen and oxygen atoms in total. The second-order valence-corrected chi connectivity index (χ2v) is 7.76. The number of carbonyl (C=O) groups excluding carboxylic acids is 1. The number of hydrogen-bond acceptors (Lipinski definition) is 6. The molecule has 1 rings (SSSR count). The number of aliphatic hydroxyl groups is 1. The summed E-state index contributed by atoms with van der Waals surface area (Å²) < 4.78 is 5.38. The zero-order valence-corrected chi connectivity index (χ0v) is 16.8. The molecule has 0 aromatic carbocycles. The lowest BCUT2D eigenvalue weighted by Crippen LogP contribution is -2.52. The maximum Gasteiger partial charge on any atom is 0.337 e. The first-order valence-electron chi connectivity index (χ1n) is 10.2. The lowest BCUT2D eigenvalue weighted by Gasteiger charge is -2.29. The summed E-state index contributed by atoms with van der Waals surface area (Å²) in [5.41, 5.74) is -3.03. The van der Waals surface area contributed by atoms with Crippen LogP contribution in [0.1, 0.15) is 71.1 Å². The number of ketones is 1. The standard InChI is InChI=1S/C20H32O9/c1-2-3-4-5-6-7-8-9-13-12-29-15(17(13)23)10-14(18(24)25)20(28,19(26)27)11-16(21)22/h13-15,28H,2-12H2,1H3,(H,21,22)(H,24,25)(H,26,27)/t13-,14-,15-,20+/m0/s1. The Labute approximate surface area is 170 Å². The molecule has 1 heterocycles. The predicted octanol–water partition coefficient (Wildman–Crippen LogP) is 2.09. The first-order valence-corrected chi connectivity index (χ1v) is 10.2. The van der Waals surface area contributed by atoms with Crippen molar-refractivity contribution in [2.45, 2.75) is 82.8 Å². The molecule has 0 radical (unpaired) electrons. The van der Waals surface area contributed by atoms with Crippen LogP contribution < -0.4 is 0 Å². The average molecular weight is 416 g/mol. The third-order valence-electron chi connectivity index (χ3n) is 5.49. The van der Waals surface area contributed by atoms with E-state index in [1.165, 1.54) is 19.3 Å². The lowest BCUT2D eigenvalue weighted by molar-refractivity contribution is -0.181. The van der Waals surface area contributed by atoms with Gasteiger partial charge in [-0.2, -0.15) is 0 Å². The van der Waals surface area contributed by atoms with Crippen LogP contribution in [0.25, 0.3) is 0 Å². The van der Waals surface area contributed by atoms with Crippen LogP contribution in [0, 0.1) is 11.8 Å². The minimum atomic E-state index is -3.03. The fraction of sp³-hybridized carbons (Fsp3) is 0.800. The van der Waals surface area contributed by atoms with Crippen molar-refractivity contribution in [3.05, 3.63) is 0 Å². The highest BCUT2D eigenvalue weighted by Crippen LogP contribution is 2.32. The van der Waals surface area contributed by atoms with Crippen LogP contribution in [0.5, 0.6) is 0 Å². The summed E-state index contributed by atoms with van der Waals surface area (Å²) in [7, 11) is 0. The average Bonchev–Trinajstić information content (AvgIpc) is 2.97. The van der Waals surface area contributed by atoms with Gasteiger partial charge >= 0.3 is 17.9 Å². The normalized spacial score (nSPS) is 22.2. The van der Waals surface area contributed by atoms with E-state index in [9.17, 15) is 34.5 Å². The van der Waals surface area contributed by atoms with Gasteiger partial charge in [0.05, 0.1) is 18.9 Å². The monoisotopic (exact) mass is 416 g/mol. The largest absolute Gasteiger partial charge is 0.481 e. The van der Waals surface area contributed by atoms with Crippen molar-refractivity contribution in [2.75, 3.05) is 6.61 Å². The topological polar surface area (TPSA) is 158 Å². The SMILES string of the molecule is CCCCCCCCC[C@H]1CO[C@@H](C[C@@H](C(=O)O)[C@](O)(CC(=O)O)C(=O)O)C1=O. The summed E-state index contributed by atoms with van der Waals surface area (Å²) in [6.07, 6.45) is 5.25. The molecule has 1 aliphatic rings. The van der Waals surface area contributed by atoms with Crippen molar-refractivity contribution >= 4 is 23.7 Å². The first-order chi connectivity index (χ1) is 13.6. The zero-order chi connectivity index (χ0) is 22.0. The second-order valence-electron chi connectivity index (χ2n) is 7.76. The highest BCUT2D eigenvalue weighted by Gasteiger charge is 2.52. The molecule has 0 amide bonds. The molecule has 1 saturated heterocycles. The van der Waals surface area contributed by atoms with Gasteiger partial charge in [-0.1, -0.05) is 51.9 Å². The molecule has 0 aromatic heterocycles. The van der Waals surface area contributed by atoms with E-state index in [4.69, 9.17) is 9.84 Å². The molecule has 0 spiro atoms. The van der Waals surface area contributed by atoms with Gasteiger partial charge in [-0.3, -0.25) is 14.4 Å². The van der Waals surface area contributed by atoms with Gasteiger partial charge in [-0.15, -0.1) is 0 Å². The van der Waals surface area contributed by atoms with Crippen molar-refractivity contribution in [1.82, 2.24) is 0 Å². The second kappa shape index (κ2) is 11.9. The third-order valence-corrected chi connectivity index (χ3v) is 5.49. The minimum Gasteiger partial charge on any atom is -0.481 e. The van der Waals surface area contributed by atoms with Crippen LogP contribution in [0.3, 0.4) is 0 Å². The molecule has 1 aliphatic heterocycles. The maximum absolute atomic E-state index is 12.5. The summed E-state index contributed by atoms with van der Waals surface area (Å²) >= 11 is 0. The Bertz CT molecular complexity index is 589. The molecule has 4 N–H and O–H groups in total. The highest BCUT2D eigenvalue weighted by molar-refractivity contribution is 5.91. The summed E-state index contributed by atoms with van der Waals surface area (Å²) in [6.45, 7) is 2.27. The quantitative estimate of drug-likeness (QED) is 0.293. The molecule has 0 unspecified atom stereocenters. The number of ether oxygens (including phenoxy) is 1. The van der Waals surface area contributed by atoms with Gasteiger partial charge in [-0.05, 0) is 12.8 Å². The number of hydrogen-bond donors (Lipinski definition) is 4. The highest BCUT2D eigenvalue weighted by atomic mass is 16.5. The predicted molar refractivity (Wildman–Crippen MR) is 101 cm³/mol. The van der Waals surface area contributed by atoms with E-state index in [0.717, 1.165) is 25.7 Å². The molecule has 0 bridgehead atoms. The van der Waals surface area contributed by atoms with Gasteiger partial charge in [0.25, 0.3) is 0 Å². The van der Waals surface area contributed by atoms with Gasteiger partial charge in [0.15, 0.2) is 11.4 Å². The molecule has 29 heavy (non-hydrogen) atoms. The van der Waals surface area contributed by atoms with Crippen LogP contribution in [0.15, 0.2) is 0 Å². The Morgan fingerprint density at radius 1 is 1.07 bits per heavy atom. The van der Waals surface area contributed by atoms with Gasteiger partial charge in [-0.25, -0.2) is 4.79 Å². The van der Waals surface area contributed by atoms with E-state index in [2.05, 4.69) is 6.92 Å².